The number of carboxylic acid groups (broad SMARTS) is 1. The van der Waals surface area contributed by atoms with Gasteiger partial charge < -0.3 is 10.2 Å². The molecule has 0 fully saturated rings. The number of aliphatic carboxylic acids is 1. The molecule has 0 aliphatic carbocycles. The SMILES string of the molecule is CC(=CC(=O)O)CN(C)CC(C)O. The number of hydrogen-bond acceptors (Lipinski definition) is 3. The van der Waals surface area contributed by atoms with Gasteiger partial charge in [-0.05, 0) is 20.9 Å². The molecule has 0 saturated carbocycles. The van der Waals surface area contributed by atoms with Crippen molar-refractivity contribution in [1.29, 1.82) is 0 Å². The molecular weight excluding hydrogens is 170 g/mol. The van der Waals surface area contributed by atoms with E-state index in [4.69, 9.17) is 10.2 Å². The van der Waals surface area contributed by atoms with Crippen molar-refractivity contribution in [3.63, 3.8) is 0 Å². The van der Waals surface area contributed by atoms with Crippen molar-refractivity contribution in [3.05, 3.63) is 11.6 Å². The normalized spacial score (nSPS) is 14.7. The number of hydrogen-bond donors (Lipinski definition) is 2. The number of nitrogens with zero attached hydrogens (tertiary/aromatic N) is 1. The fourth-order valence-corrected chi connectivity index (χ4v) is 1.20. The summed E-state index contributed by atoms with van der Waals surface area (Å²) in [5, 5.41) is 17.5. The van der Waals surface area contributed by atoms with Gasteiger partial charge in [0.1, 0.15) is 0 Å². The topological polar surface area (TPSA) is 60.8 Å². The summed E-state index contributed by atoms with van der Waals surface area (Å²) in [5.41, 5.74) is 0.774. The predicted octanol–water partition coefficient (Wildman–Crippen LogP) is 0.330. The minimum absolute atomic E-state index is 0.386. The van der Waals surface area contributed by atoms with E-state index in [1.165, 1.54) is 6.08 Å². The number of carbonyl (C=O) groups is 1. The van der Waals surface area contributed by atoms with Crippen LogP contribution < -0.4 is 0 Å². The second-order valence-corrected chi connectivity index (χ2v) is 3.37. The molecule has 0 aliphatic rings. The van der Waals surface area contributed by atoms with Gasteiger partial charge in [-0.15, -0.1) is 0 Å². The van der Waals surface area contributed by atoms with Crippen LogP contribution in [0.5, 0.6) is 0 Å². The maximum atomic E-state index is 10.3. The van der Waals surface area contributed by atoms with Gasteiger partial charge in [0.05, 0.1) is 6.10 Å². The zero-order chi connectivity index (χ0) is 10.4. The van der Waals surface area contributed by atoms with Crippen LogP contribution >= 0.6 is 0 Å². The van der Waals surface area contributed by atoms with E-state index < -0.39 is 5.97 Å². The first-order chi connectivity index (χ1) is 5.91. The van der Waals surface area contributed by atoms with Gasteiger partial charge in [0, 0.05) is 19.2 Å². The summed E-state index contributed by atoms with van der Waals surface area (Å²) in [7, 11) is 1.84. The Bertz CT molecular complexity index is 199. The molecule has 0 aromatic heterocycles. The zero-order valence-corrected chi connectivity index (χ0v) is 8.32. The molecule has 0 spiro atoms. The minimum atomic E-state index is -0.928. The van der Waals surface area contributed by atoms with E-state index in [2.05, 4.69) is 0 Å². The van der Waals surface area contributed by atoms with E-state index in [1.807, 2.05) is 11.9 Å². The number of aliphatic hydroxyl groups is 1. The minimum Gasteiger partial charge on any atom is -0.478 e. The Labute approximate surface area is 78.5 Å². The lowest BCUT2D eigenvalue weighted by atomic mass is 10.2. The lowest BCUT2D eigenvalue weighted by Crippen LogP contribution is -2.28. The van der Waals surface area contributed by atoms with Crippen LogP contribution in [-0.2, 0) is 4.79 Å². The maximum Gasteiger partial charge on any atom is 0.328 e. The Morgan fingerprint density at radius 3 is 2.54 bits per heavy atom. The average Bonchev–Trinajstić information content (AvgIpc) is 1.80. The molecule has 0 saturated heterocycles. The molecule has 1 unspecified atom stereocenters. The van der Waals surface area contributed by atoms with Gasteiger partial charge in [-0.3, -0.25) is 4.90 Å². The maximum absolute atomic E-state index is 10.3. The van der Waals surface area contributed by atoms with Crippen LogP contribution in [0.3, 0.4) is 0 Å². The molecule has 0 bridgehead atoms. The van der Waals surface area contributed by atoms with E-state index in [1.54, 1.807) is 13.8 Å². The van der Waals surface area contributed by atoms with Gasteiger partial charge >= 0.3 is 5.97 Å². The van der Waals surface area contributed by atoms with Crippen molar-refractivity contribution >= 4 is 5.97 Å². The van der Waals surface area contributed by atoms with Crippen LogP contribution in [0.25, 0.3) is 0 Å². The summed E-state index contributed by atoms with van der Waals surface area (Å²) in [6.07, 6.45) is 0.793. The van der Waals surface area contributed by atoms with Crippen molar-refractivity contribution in [2.45, 2.75) is 20.0 Å². The van der Waals surface area contributed by atoms with Crippen LogP contribution in [0.2, 0.25) is 0 Å². The monoisotopic (exact) mass is 187 g/mol. The Balaban J connectivity index is 3.91. The quantitative estimate of drug-likeness (QED) is 0.609. The van der Waals surface area contributed by atoms with Crippen LogP contribution in [0.1, 0.15) is 13.8 Å². The first kappa shape index (κ1) is 12.1. The lowest BCUT2D eigenvalue weighted by Gasteiger charge is -2.18. The van der Waals surface area contributed by atoms with E-state index >= 15 is 0 Å². The highest BCUT2D eigenvalue weighted by atomic mass is 16.4. The number of likely N-dealkylation sites (N-methyl/N-ethyl adjacent to an activating group) is 1. The van der Waals surface area contributed by atoms with E-state index in [0.717, 1.165) is 5.57 Å². The fraction of sp³-hybridized carbons (Fsp3) is 0.667. The summed E-state index contributed by atoms with van der Waals surface area (Å²) < 4.78 is 0. The second kappa shape index (κ2) is 5.72. The number of rotatable bonds is 5. The summed E-state index contributed by atoms with van der Waals surface area (Å²) >= 11 is 0. The highest BCUT2D eigenvalue weighted by Gasteiger charge is 2.03. The molecule has 0 amide bonds. The van der Waals surface area contributed by atoms with Crippen molar-refractivity contribution in [1.82, 2.24) is 4.90 Å². The molecule has 0 rings (SSSR count). The third kappa shape index (κ3) is 7.49. The first-order valence-corrected chi connectivity index (χ1v) is 4.18. The van der Waals surface area contributed by atoms with Crippen LogP contribution in [-0.4, -0.2) is 47.3 Å². The van der Waals surface area contributed by atoms with Gasteiger partial charge in [0.15, 0.2) is 0 Å². The summed E-state index contributed by atoms with van der Waals surface area (Å²) in [6.45, 7) is 4.57. The highest BCUT2D eigenvalue weighted by Crippen LogP contribution is 1.97. The Hall–Kier alpha value is -0.870. The third-order valence-corrected chi connectivity index (χ3v) is 1.47. The van der Waals surface area contributed by atoms with Crippen LogP contribution in [0.15, 0.2) is 11.6 Å². The molecule has 2 N–H and O–H groups in total. The lowest BCUT2D eigenvalue weighted by molar-refractivity contribution is -0.131. The van der Waals surface area contributed by atoms with Gasteiger partial charge in [-0.2, -0.15) is 0 Å². The summed E-state index contributed by atoms with van der Waals surface area (Å²) in [6, 6.07) is 0. The summed E-state index contributed by atoms with van der Waals surface area (Å²) in [5.74, 6) is -0.928. The number of carboxylic acids is 1. The zero-order valence-electron chi connectivity index (χ0n) is 8.32. The van der Waals surface area contributed by atoms with Gasteiger partial charge in [0.25, 0.3) is 0 Å². The number of aliphatic hydroxyl groups excluding tert-OH is 1. The molecule has 76 valence electrons. The van der Waals surface area contributed by atoms with Crippen molar-refractivity contribution in [2.24, 2.45) is 0 Å². The van der Waals surface area contributed by atoms with E-state index in [0.29, 0.717) is 13.1 Å². The van der Waals surface area contributed by atoms with Gasteiger partial charge in [-0.1, -0.05) is 5.57 Å². The van der Waals surface area contributed by atoms with Gasteiger partial charge in [0.2, 0.25) is 0 Å². The third-order valence-electron chi connectivity index (χ3n) is 1.47. The molecule has 0 heterocycles. The molecule has 1 atom stereocenters. The predicted molar refractivity (Wildman–Crippen MR) is 50.6 cm³/mol. The van der Waals surface area contributed by atoms with Gasteiger partial charge in [-0.25, -0.2) is 4.79 Å². The smallest absolute Gasteiger partial charge is 0.328 e. The molecule has 0 aromatic rings. The molecule has 4 nitrogen and oxygen atoms in total. The first-order valence-electron chi connectivity index (χ1n) is 4.18. The fourth-order valence-electron chi connectivity index (χ4n) is 1.20. The Morgan fingerprint density at radius 1 is 1.62 bits per heavy atom. The molecule has 13 heavy (non-hydrogen) atoms. The Morgan fingerprint density at radius 2 is 2.15 bits per heavy atom. The molecule has 0 aliphatic heterocycles. The van der Waals surface area contributed by atoms with E-state index in [9.17, 15) is 4.79 Å². The average molecular weight is 187 g/mol. The second-order valence-electron chi connectivity index (χ2n) is 3.37. The molecule has 0 radical (unpaired) electrons. The molecular formula is C9H17NO3. The van der Waals surface area contributed by atoms with Crippen molar-refractivity contribution < 1.29 is 15.0 Å². The van der Waals surface area contributed by atoms with Crippen molar-refractivity contribution in [3.8, 4) is 0 Å². The molecule has 0 aromatic carbocycles. The van der Waals surface area contributed by atoms with Crippen LogP contribution in [0, 0.1) is 0 Å². The molecule has 4 heteroatoms. The standard InChI is InChI=1S/C9H17NO3/c1-7(4-9(12)13)5-10(3)6-8(2)11/h4,8,11H,5-6H2,1-3H3,(H,12,13). The van der Waals surface area contributed by atoms with Crippen LogP contribution in [0.4, 0.5) is 0 Å². The summed E-state index contributed by atoms with van der Waals surface area (Å²) in [4.78, 5) is 12.1. The van der Waals surface area contributed by atoms with E-state index in [-0.39, 0.29) is 6.10 Å². The van der Waals surface area contributed by atoms with Crippen molar-refractivity contribution in [2.75, 3.05) is 20.1 Å². The Kier molecular flexibility index (Phi) is 5.34. The largest absolute Gasteiger partial charge is 0.478 e. The highest BCUT2D eigenvalue weighted by molar-refractivity contribution is 5.80.